The van der Waals surface area contributed by atoms with Gasteiger partial charge in [-0.25, -0.2) is 4.98 Å². The van der Waals surface area contributed by atoms with Crippen LogP contribution >= 0.6 is 11.8 Å². The van der Waals surface area contributed by atoms with Crippen molar-refractivity contribution in [1.82, 2.24) is 14.9 Å². The van der Waals surface area contributed by atoms with Crippen molar-refractivity contribution in [2.75, 3.05) is 40.7 Å². The number of nitrogens with zero attached hydrogens (tertiary/aromatic N) is 2. The molecule has 0 saturated carbocycles. The highest BCUT2D eigenvalue weighted by Crippen LogP contribution is 2.37. The first kappa shape index (κ1) is 30.8. The highest BCUT2D eigenvalue weighted by atomic mass is 32.2. The SMILES string of the molecule is CCn1c(SCCCC(=O)NCCc2ccc(OC)c(OC)c2)nc(-c2ccc(OC)cc2)c1-c1ccc(OC)cc1. The minimum atomic E-state index is 0.0488. The summed E-state index contributed by atoms with van der Waals surface area (Å²) in [6, 6.07) is 21.9. The second-order valence-corrected chi connectivity index (χ2v) is 10.6. The van der Waals surface area contributed by atoms with Gasteiger partial charge in [-0.1, -0.05) is 17.8 Å². The van der Waals surface area contributed by atoms with Gasteiger partial charge in [0.1, 0.15) is 11.5 Å². The van der Waals surface area contributed by atoms with Crippen molar-refractivity contribution in [3.05, 3.63) is 72.3 Å². The van der Waals surface area contributed by atoms with Gasteiger partial charge in [0.15, 0.2) is 16.7 Å². The zero-order chi connectivity index (χ0) is 29.9. The molecule has 42 heavy (non-hydrogen) atoms. The van der Waals surface area contributed by atoms with E-state index in [1.807, 2.05) is 54.6 Å². The van der Waals surface area contributed by atoms with Crippen molar-refractivity contribution in [1.29, 1.82) is 0 Å². The number of benzene rings is 3. The van der Waals surface area contributed by atoms with Crippen molar-refractivity contribution in [3.63, 3.8) is 0 Å². The van der Waals surface area contributed by atoms with Crippen LogP contribution in [0.3, 0.4) is 0 Å². The van der Waals surface area contributed by atoms with Gasteiger partial charge in [0.05, 0.1) is 39.8 Å². The molecule has 0 spiro atoms. The summed E-state index contributed by atoms with van der Waals surface area (Å²) < 4.78 is 23.6. The minimum Gasteiger partial charge on any atom is -0.497 e. The Hall–Kier alpha value is -4.11. The first-order valence-corrected chi connectivity index (χ1v) is 15.0. The molecule has 4 rings (SSSR count). The highest BCUT2D eigenvalue weighted by molar-refractivity contribution is 7.99. The summed E-state index contributed by atoms with van der Waals surface area (Å²) in [7, 11) is 6.57. The lowest BCUT2D eigenvalue weighted by atomic mass is 10.0. The first-order chi connectivity index (χ1) is 20.5. The monoisotopic (exact) mass is 589 g/mol. The van der Waals surface area contributed by atoms with Crippen molar-refractivity contribution in [2.45, 2.75) is 37.9 Å². The summed E-state index contributed by atoms with van der Waals surface area (Å²) in [4.78, 5) is 17.6. The molecule has 0 fully saturated rings. The van der Waals surface area contributed by atoms with Crippen LogP contribution in [-0.2, 0) is 17.8 Å². The Morgan fingerprint density at radius 3 is 2.07 bits per heavy atom. The largest absolute Gasteiger partial charge is 0.497 e. The molecule has 1 aromatic heterocycles. The Balaban J connectivity index is 1.39. The normalized spacial score (nSPS) is 10.8. The number of amides is 1. The third-order valence-electron chi connectivity index (χ3n) is 6.94. The van der Waals surface area contributed by atoms with Crippen LogP contribution in [0.4, 0.5) is 0 Å². The van der Waals surface area contributed by atoms with Gasteiger partial charge in [-0.15, -0.1) is 0 Å². The van der Waals surface area contributed by atoms with Gasteiger partial charge in [0.2, 0.25) is 5.91 Å². The number of carbonyl (C=O) groups excluding carboxylic acids is 1. The zero-order valence-corrected chi connectivity index (χ0v) is 25.8. The molecular weight excluding hydrogens is 550 g/mol. The van der Waals surface area contributed by atoms with Crippen LogP contribution < -0.4 is 24.3 Å². The van der Waals surface area contributed by atoms with Gasteiger partial charge >= 0.3 is 0 Å². The van der Waals surface area contributed by atoms with E-state index in [9.17, 15) is 4.79 Å². The third-order valence-corrected chi connectivity index (χ3v) is 8.00. The van der Waals surface area contributed by atoms with Crippen molar-refractivity contribution < 1.29 is 23.7 Å². The molecule has 8 nitrogen and oxygen atoms in total. The van der Waals surface area contributed by atoms with Gasteiger partial charge in [0, 0.05) is 36.4 Å². The average Bonchev–Trinajstić information content (AvgIpc) is 3.41. The van der Waals surface area contributed by atoms with E-state index in [2.05, 4.69) is 28.9 Å². The summed E-state index contributed by atoms with van der Waals surface area (Å²) in [5.41, 5.74) is 5.14. The third kappa shape index (κ3) is 7.59. The van der Waals surface area contributed by atoms with Gasteiger partial charge < -0.3 is 28.8 Å². The Kier molecular flexibility index (Phi) is 11.2. The molecule has 0 atom stereocenters. The molecule has 0 aliphatic heterocycles. The van der Waals surface area contributed by atoms with E-state index >= 15 is 0 Å². The van der Waals surface area contributed by atoms with Crippen LogP contribution in [0.25, 0.3) is 22.5 Å². The predicted octanol–water partition coefficient (Wildman–Crippen LogP) is 6.50. The maximum atomic E-state index is 12.5. The molecule has 4 aromatic rings. The summed E-state index contributed by atoms with van der Waals surface area (Å²) in [5, 5.41) is 3.97. The number of methoxy groups -OCH3 is 4. The fraction of sp³-hybridized carbons (Fsp3) is 0.333. The van der Waals surface area contributed by atoms with E-state index in [4.69, 9.17) is 23.9 Å². The van der Waals surface area contributed by atoms with Crippen LogP contribution in [0.15, 0.2) is 71.9 Å². The molecule has 0 radical (unpaired) electrons. The van der Waals surface area contributed by atoms with E-state index in [1.165, 1.54) is 0 Å². The fourth-order valence-corrected chi connectivity index (χ4v) is 5.70. The fourth-order valence-electron chi connectivity index (χ4n) is 4.69. The molecule has 9 heteroatoms. The number of rotatable bonds is 15. The molecule has 222 valence electrons. The van der Waals surface area contributed by atoms with Gasteiger partial charge in [-0.05, 0) is 86.0 Å². The number of hydrogen-bond acceptors (Lipinski definition) is 7. The number of aromatic nitrogens is 2. The Morgan fingerprint density at radius 1 is 0.833 bits per heavy atom. The summed E-state index contributed by atoms with van der Waals surface area (Å²) in [6.07, 6.45) is 1.93. The summed E-state index contributed by atoms with van der Waals surface area (Å²) >= 11 is 1.68. The number of imidazole rings is 1. The van der Waals surface area contributed by atoms with E-state index in [0.717, 1.165) is 69.9 Å². The Morgan fingerprint density at radius 2 is 1.48 bits per heavy atom. The van der Waals surface area contributed by atoms with Gasteiger partial charge in [0.25, 0.3) is 0 Å². The lowest BCUT2D eigenvalue weighted by Crippen LogP contribution is -2.25. The number of nitrogens with one attached hydrogen (secondary N) is 1. The number of thioether (sulfide) groups is 1. The van der Waals surface area contributed by atoms with Crippen LogP contribution in [0.5, 0.6) is 23.0 Å². The molecule has 0 bridgehead atoms. The number of hydrogen-bond donors (Lipinski definition) is 1. The van der Waals surface area contributed by atoms with Gasteiger partial charge in [-0.2, -0.15) is 0 Å². The summed E-state index contributed by atoms with van der Waals surface area (Å²) in [5.74, 6) is 3.82. The average molecular weight is 590 g/mol. The topological polar surface area (TPSA) is 83.8 Å². The summed E-state index contributed by atoms with van der Waals surface area (Å²) in [6.45, 7) is 3.46. The second kappa shape index (κ2) is 15.2. The smallest absolute Gasteiger partial charge is 0.220 e. The van der Waals surface area contributed by atoms with Crippen LogP contribution in [-0.4, -0.2) is 56.2 Å². The second-order valence-electron chi connectivity index (χ2n) is 9.53. The molecular formula is C33H39N3O5S. The van der Waals surface area contributed by atoms with E-state index < -0.39 is 0 Å². The molecule has 0 saturated heterocycles. The van der Waals surface area contributed by atoms with Crippen LogP contribution in [0, 0.1) is 0 Å². The number of carbonyl (C=O) groups is 1. The number of ether oxygens (including phenoxy) is 4. The Bertz CT molecular complexity index is 1450. The van der Waals surface area contributed by atoms with E-state index in [1.54, 1.807) is 40.2 Å². The molecule has 0 unspecified atom stereocenters. The van der Waals surface area contributed by atoms with E-state index in [0.29, 0.717) is 24.5 Å². The standard InChI is InChI=1S/C33H39N3O5S/c1-6-36-32(25-12-16-27(39-3)17-13-25)31(24-10-14-26(38-2)15-11-24)35-33(36)42-21-7-8-30(37)34-20-19-23-9-18-28(40-4)29(22-23)41-5/h9-18,22H,6-8,19-21H2,1-5H3,(H,34,37). The molecule has 0 aliphatic carbocycles. The van der Waals surface area contributed by atoms with Crippen molar-refractivity contribution in [2.24, 2.45) is 0 Å². The molecule has 1 N–H and O–H groups in total. The molecule has 0 aliphatic rings. The van der Waals surface area contributed by atoms with Crippen molar-refractivity contribution in [3.8, 4) is 45.5 Å². The minimum absolute atomic E-state index is 0.0488. The van der Waals surface area contributed by atoms with Gasteiger partial charge in [-0.3, -0.25) is 4.79 Å². The molecule has 3 aromatic carbocycles. The zero-order valence-electron chi connectivity index (χ0n) is 24.9. The Labute approximate surface area is 252 Å². The van der Waals surface area contributed by atoms with Crippen LogP contribution in [0.1, 0.15) is 25.3 Å². The highest BCUT2D eigenvalue weighted by Gasteiger charge is 2.20. The maximum Gasteiger partial charge on any atom is 0.220 e. The molecule has 1 heterocycles. The first-order valence-electron chi connectivity index (χ1n) is 14.0. The van der Waals surface area contributed by atoms with Crippen molar-refractivity contribution >= 4 is 17.7 Å². The maximum absolute atomic E-state index is 12.5. The lowest BCUT2D eigenvalue weighted by molar-refractivity contribution is -0.121. The van der Waals surface area contributed by atoms with Crippen LogP contribution in [0.2, 0.25) is 0 Å². The lowest BCUT2D eigenvalue weighted by Gasteiger charge is -2.12. The predicted molar refractivity (Wildman–Crippen MR) is 168 cm³/mol. The quantitative estimate of drug-likeness (QED) is 0.125. The molecule has 1 amide bonds. The van der Waals surface area contributed by atoms with E-state index in [-0.39, 0.29) is 5.91 Å².